The number of methoxy groups -OCH3 is 2. The molecule has 2 aliphatic heterocycles. The van der Waals surface area contributed by atoms with Crippen molar-refractivity contribution in [1.82, 2.24) is 9.80 Å². The maximum atomic E-state index is 12.9. The molecule has 0 spiro atoms. The molecule has 2 aliphatic rings. The van der Waals surface area contributed by atoms with Crippen molar-refractivity contribution in [1.29, 1.82) is 0 Å². The van der Waals surface area contributed by atoms with Gasteiger partial charge in [0.1, 0.15) is 0 Å². The van der Waals surface area contributed by atoms with Gasteiger partial charge in [-0.05, 0) is 63.3 Å². The monoisotopic (exact) mass is 690 g/mol. The van der Waals surface area contributed by atoms with Crippen molar-refractivity contribution < 1.29 is 48.3 Å². The number of fused-ring (bicyclic) bond motifs is 2. The zero-order chi connectivity index (χ0) is 33.0. The van der Waals surface area contributed by atoms with Gasteiger partial charge in [-0.3, -0.25) is 19.2 Å². The lowest BCUT2D eigenvalue weighted by Crippen LogP contribution is -2.30. The van der Waals surface area contributed by atoms with Gasteiger partial charge in [0.25, 0.3) is 0 Å². The van der Waals surface area contributed by atoms with Gasteiger partial charge in [-0.2, -0.15) is 0 Å². The zero-order valence-corrected chi connectivity index (χ0v) is 27.6. The van der Waals surface area contributed by atoms with Crippen LogP contribution in [0, 0.1) is 11.8 Å². The van der Waals surface area contributed by atoms with Crippen molar-refractivity contribution in [3.05, 3.63) is 44.9 Å². The summed E-state index contributed by atoms with van der Waals surface area (Å²) in [5, 5.41) is 18.4. The summed E-state index contributed by atoms with van der Waals surface area (Å²) >= 11 is 3.66. The standard InChI is InChI=1S/C32H39BrN2O10/c1-17(31(38)39)9-26(36)34-14-20-11-23(42-4)24(12-21(20)15-34)44-7-6-8-45-30-25(43-5)13-22-16-35(19(3)28(22)29(30)33)27(37)10-18(2)32(40)41/h11-13,17-19H,6-10,14-16H2,1-5H3,(H,38,39)(H,40,41)/t17-,18-,19?/m0/s1. The van der Waals surface area contributed by atoms with Gasteiger partial charge in [-0.25, -0.2) is 0 Å². The van der Waals surface area contributed by atoms with Crippen LogP contribution in [0.4, 0.5) is 0 Å². The van der Waals surface area contributed by atoms with E-state index >= 15 is 0 Å². The van der Waals surface area contributed by atoms with E-state index in [1.165, 1.54) is 13.8 Å². The lowest BCUT2D eigenvalue weighted by Gasteiger charge is -2.23. The molecule has 0 aliphatic carbocycles. The highest BCUT2D eigenvalue weighted by atomic mass is 79.9. The molecule has 3 atom stereocenters. The highest BCUT2D eigenvalue weighted by Crippen LogP contribution is 2.47. The number of carboxylic acids is 2. The van der Waals surface area contributed by atoms with Gasteiger partial charge < -0.3 is 39.0 Å². The number of amides is 2. The number of carboxylic acid groups (broad SMARTS) is 2. The molecule has 2 N–H and O–H groups in total. The van der Waals surface area contributed by atoms with E-state index in [2.05, 4.69) is 15.9 Å². The minimum absolute atomic E-state index is 0.0592. The first-order valence-electron chi connectivity index (χ1n) is 14.7. The molecular formula is C32H39BrN2O10. The maximum absolute atomic E-state index is 12.9. The van der Waals surface area contributed by atoms with Crippen molar-refractivity contribution in [3.8, 4) is 23.0 Å². The van der Waals surface area contributed by atoms with E-state index < -0.39 is 23.8 Å². The SMILES string of the molecule is COc1cc2c(cc1OCCCOc1c(OC)cc3c(c1Br)C(C)N(C(=O)C[C@H](C)C(=O)O)C3)CN(C(=O)C[C@H](C)C(=O)O)C2. The number of ether oxygens (including phenoxy) is 4. The molecule has 2 aromatic rings. The van der Waals surface area contributed by atoms with Crippen LogP contribution in [0.25, 0.3) is 0 Å². The Hall–Kier alpha value is -4.00. The molecule has 1 unspecified atom stereocenters. The molecule has 2 heterocycles. The highest BCUT2D eigenvalue weighted by Gasteiger charge is 2.36. The van der Waals surface area contributed by atoms with Gasteiger partial charge in [-0.1, -0.05) is 13.8 Å². The van der Waals surface area contributed by atoms with Crippen molar-refractivity contribution in [2.75, 3.05) is 27.4 Å². The largest absolute Gasteiger partial charge is 0.493 e. The van der Waals surface area contributed by atoms with Crippen LogP contribution in [0.15, 0.2) is 22.7 Å². The highest BCUT2D eigenvalue weighted by molar-refractivity contribution is 9.10. The second-order valence-electron chi connectivity index (χ2n) is 11.5. The fraction of sp³-hybridized carbons (Fsp3) is 0.500. The van der Waals surface area contributed by atoms with Gasteiger partial charge in [-0.15, -0.1) is 0 Å². The molecule has 0 aromatic heterocycles. The molecule has 45 heavy (non-hydrogen) atoms. The first-order valence-corrected chi connectivity index (χ1v) is 15.5. The summed E-state index contributed by atoms with van der Waals surface area (Å²) < 4.78 is 24.0. The summed E-state index contributed by atoms with van der Waals surface area (Å²) in [6, 6.07) is 5.27. The molecule has 4 rings (SSSR count). The smallest absolute Gasteiger partial charge is 0.306 e. The van der Waals surface area contributed by atoms with Crippen LogP contribution in [0.3, 0.4) is 0 Å². The Bertz CT molecular complexity index is 1480. The molecule has 2 aromatic carbocycles. The van der Waals surface area contributed by atoms with E-state index in [4.69, 9.17) is 24.1 Å². The molecule has 0 saturated carbocycles. The Morgan fingerprint density at radius 3 is 1.93 bits per heavy atom. The summed E-state index contributed by atoms with van der Waals surface area (Å²) in [6.07, 6.45) is 0.386. The van der Waals surface area contributed by atoms with Gasteiger partial charge in [0.15, 0.2) is 23.0 Å². The van der Waals surface area contributed by atoms with E-state index in [0.29, 0.717) is 66.7 Å². The fourth-order valence-corrected chi connectivity index (χ4v) is 6.43. The minimum Gasteiger partial charge on any atom is -0.493 e. The van der Waals surface area contributed by atoms with Crippen LogP contribution in [0.1, 0.15) is 68.3 Å². The van der Waals surface area contributed by atoms with Crippen molar-refractivity contribution >= 4 is 39.7 Å². The number of aliphatic carboxylic acids is 2. The molecule has 0 fully saturated rings. The molecule has 0 saturated heterocycles. The Balaban J connectivity index is 1.36. The predicted octanol–water partition coefficient (Wildman–Crippen LogP) is 4.78. The third-order valence-electron chi connectivity index (χ3n) is 8.24. The summed E-state index contributed by atoms with van der Waals surface area (Å²) in [5.41, 5.74) is 3.65. The Morgan fingerprint density at radius 2 is 1.36 bits per heavy atom. The van der Waals surface area contributed by atoms with Crippen LogP contribution < -0.4 is 18.9 Å². The summed E-state index contributed by atoms with van der Waals surface area (Å²) in [7, 11) is 3.09. The second kappa shape index (κ2) is 14.4. The van der Waals surface area contributed by atoms with Crippen molar-refractivity contribution in [3.63, 3.8) is 0 Å². The lowest BCUT2D eigenvalue weighted by molar-refractivity contribution is -0.146. The molecule has 244 valence electrons. The van der Waals surface area contributed by atoms with Crippen LogP contribution in [0.2, 0.25) is 0 Å². The zero-order valence-electron chi connectivity index (χ0n) is 26.1. The third kappa shape index (κ3) is 7.46. The van der Waals surface area contributed by atoms with Crippen molar-refractivity contribution in [2.45, 2.75) is 65.7 Å². The van der Waals surface area contributed by atoms with E-state index in [9.17, 15) is 24.3 Å². The Labute approximate surface area is 270 Å². The number of halogens is 1. The van der Waals surface area contributed by atoms with E-state index in [0.717, 1.165) is 22.3 Å². The molecule has 0 bridgehead atoms. The number of hydrogen-bond donors (Lipinski definition) is 2. The lowest BCUT2D eigenvalue weighted by atomic mass is 10.0. The summed E-state index contributed by atoms with van der Waals surface area (Å²) in [6.45, 7) is 6.67. The van der Waals surface area contributed by atoms with Crippen molar-refractivity contribution in [2.24, 2.45) is 11.8 Å². The van der Waals surface area contributed by atoms with E-state index in [1.54, 1.807) is 24.0 Å². The number of rotatable bonds is 14. The van der Waals surface area contributed by atoms with Crippen LogP contribution in [-0.4, -0.2) is 71.2 Å². The van der Waals surface area contributed by atoms with Gasteiger partial charge >= 0.3 is 11.9 Å². The number of carbonyl (C=O) groups is 4. The maximum Gasteiger partial charge on any atom is 0.306 e. The molecule has 0 radical (unpaired) electrons. The second-order valence-corrected chi connectivity index (χ2v) is 12.2. The Kier molecular flexibility index (Phi) is 10.8. The van der Waals surface area contributed by atoms with Crippen LogP contribution in [-0.2, 0) is 38.8 Å². The van der Waals surface area contributed by atoms with E-state index in [-0.39, 0.29) is 30.7 Å². The molecular weight excluding hydrogens is 652 g/mol. The van der Waals surface area contributed by atoms with E-state index in [1.807, 2.05) is 25.1 Å². The van der Waals surface area contributed by atoms with Gasteiger partial charge in [0, 0.05) is 38.9 Å². The molecule has 12 nitrogen and oxygen atoms in total. The first-order chi connectivity index (χ1) is 21.4. The van der Waals surface area contributed by atoms with Gasteiger partial charge in [0.2, 0.25) is 11.8 Å². The number of nitrogens with zero attached hydrogens (tertiary/aromatic N) is 2. The number of benzene rings is 2. The van der Waals surface area contributed by atoms with Crippen LogP contribution in [0.5, 0.6) is 23.0 Å². The normalized spacial score (nSPS) is 16.4. The third-order valence-corrected chi connectivity index (χ3v) is 9.02. The van der Waals surface area contributed by atoms with Gasteiger partial charge in [0.05, 0.1) is 49.8 Å². The average molecular weight is 692 g/mol. The summed E-state index contributed by atoms with van der Waals surface area (Å²) in [4.78, 5) is 51.2. The predicted molar refractivity (Wildman–Crippen MR) is 165 cm³/mol. The molecule has 13 heteroatoms. The fourth-order valence-electron chi connectivity index (χ4n) is 5.54. The first kappa shape index (κ1) is 33.9. The minimum atomic E-state index is -1.01. The van der Waals surface area contributed by atoms with Crippen LogP contribution >= 0.6 is 15.9 Å². The average Bonchev–Trinajstić information content (AvgIpc) is 3.57. The quantitative estimate of drug-likeness (QED) is 0.265. The Morgan fingerprint density at radius 1 is 0.822 bits per heavy atom. The topological polar surface area (TPSA) is 152 Å². The number of carbonyl (C=O) groups excluding carboxylic acids is 2. The molecule has 2 amide bonds. The summed E-state index contributed by atoms with van der Waals surface area (Å²) in [5.74, 6) is -1.88. The number of hydrogen-bond acceptors (Lipinski definition) is 8.